The second-order valence-electron chi connectivity index (χ2n) is 6.52. The number of fused-ring (bicyclic) bond motifs is 3. The minimum absolute atomic E-state index is 0.288. The van der Waals surface area contributed by atoms with Crippen LogP contribution in [0.4, 0.5) is 0 Å². The largest absolute Gasteiger partial charge is 0.0739 e. The third-order valence-electron chi connectivity index (χ3n) is 4.89. The van der Waals surface area contributed by atoms with Crippen molar-refractivity contribution in [3.05, 3.63) is 59.2 Å². The van der Waals surface area contributed by atoms with E-state index in [1.54, 1.807) is 0 Å². The van der Waals surface area contributed by atoms with Crippen LogP contribution in [0.1, 0.15) is 63.5 Å². The summed E-state index contributed by atoms with van der Waals surface area (Å²) in [5.41, 5.74) is 5.97. The van der Waals surface area contributed by atoms with Crippen LogP contribution in [0, 0.1) is 5.41 Å². The molecule has 3 rings (SSSR count). The van der Waals surface area contributed by atoms with Crippen LogP contribution in [0.15, 0.2) is 48.1 Å². The first-order valence-electron chi connectivity index (χ1n) is 8.51. The number of allylic oxidation sites excluding steroid dienone is 5. The zero-order valence-corrected chi connectivity index (χ0v) is 13.4. The van der Waals surface area contributed by atoms with Gasteiger partial charge in [-0.2, -0.15) is 0 Å². The van der Waals surface area contributed by atoms with Gasteiger partial charge in [0.2, 0.25) is 0 Å². The Morgan fingerprint density at radius 3 is 2.38 bits per heavy atom. The SMILES string of the molecule is CCCCC1(CCCC)C=CC2=Cc3ccccc3C2=C1. The molecule has 2 aliphatic carbocycles. The van der Waals surface area contributed by atoms with E-state index in [4.69, 9.17) is 0 Å². The number of hydrogen-bond donors (Lipinski definition) is 0. The normalized spacial score (nSPS) is 18.0. The van der Waals surface area contributed by atoms with Crippen molar-refractivity contribution in [3.63, 3.8) is 0 Å². The lowest BCUT2D eigenvalue weighted by atomic mass is 9.73. The van der Waals surface area contributed by atoms with Gasteiger partial charge in [0.1, 0.15) is 0 Å². The van der Waals surface area contributed by atoms with E-state index in [1.807, 2.05) is 0 Å². The van der Waals surface area contributed by atoms with Gasteiger partial charge in [0, 0.05) is 5.41 Å². The molecule has 0 heteroatoms. The van der Waals surface area contributed by atoms with Gasteiger partial charge < -0.3 is 0 Å². The molecule has 0 nitrogen and oxygen atoms in total. The van der Waals surface area contributed by atoms with Crippen LogP contribution >= 0.6 is 0 Å². The maximum atomic E-state index is 2.58. The average molecular weight is 278 g/mol. The summed E-state index contributed by atoms with van der Waals surface area (Å²) < 4.78 is 0. The second kappa shape index (κ2) is 6.05. The molecule has 2 aliphatic rings. The molecule has 110 valence electrons. The molecule has 0 amide bonds. The van der Waals surface area contributed by atoms with Crippen molar-refractivity contribution in [2.45, 2.75) is 52.4 Å². The molecule has 0 unspecified atom stereocenters. The Morgan fingerprint density at radius 2 is 1.67 bits per heavy atom. The molecule has 0 fully saturated rings. The van der Waals surface area contributed by atoms with E-state index in [1.165, 1.54) is 60.8 Å². The molecule has 0 spiro atoms. The second-order valence-corrected chi connectivity index (χ2v) is 6.52. The smallest absolute Gasteiger partial charge is 0.00736 e. The molecule has 0 radical (unpaired) electrons. The number of benzene rings is 1. The topological polar surface area (TPSA) is 0 Å². The Bertz CT molecular complexity index is 590. The number of hydrogen-bond acceptors (Lipinski definition) is 0. The monoisotopic (exact) mass is 278 g/mol. The fraction of sp³-hybridized carbons (Fsp3) is 0.429. The molecule has 21 heavy (non-hydrogen) atoms. The maximum absolute atomic E-state index is 2.58. The molecular weight excluding hydrogens is 252 g/mol. The summed E-state index contributed by atoms with van der Waals surface area (Å²) in [6, 6.07) is 8.80. The van der Waals surface area contributed by atoms with E-state index >= 15 is 0 Å². The van der Waals surface area contributed by atoms with Crippen molar-refractivity contribution in [3.8, 4) is 0 Å². The van der Waals surface area contributed by atoms with Gasteiger partial charge in [-0.05, 0) is 41.2 Å². The molecular formula is C21H26. The van der Waals surface area contributed by atoms with Crippen LogP contribution in [0.3, 0.4) is 0 Å². The van der Waals surface area contributed by atoms with E-state index < -0.39 is 0 Å². The van der Waals surface area contributed by atoms with Crippen molar-refractivity contribution in [1.29, 1.82) is 0 Å². The summed E-state index contributed by atoms with van der Waals surface area (Å²) in [6.07, 6.45) is 17.6. The molecule has 1 aromatic carbocycles. The van der Waals surface area contributed by atoms with Crippen molar-refractivity contribution in [2.24, 2.45) is 5.41 Å². The number of unbranched alkanes of at least 4 members (excludes halogenated alkanes) is 2. The van der Waals surface area contributed by atoms with Gasteiger partial charge in [-0.25, -0.2) is 0 Å². The Hall–Kier alpha value is -1.56. The van der Waals surface area contributed by atoms with Crippen LogP contribution in [0.5, 0.6) is 0 Å². The van der Waals surface area contributed by atoms with Gasteiger partial charge in [-0.15, -0.1) is 0 Å². The van der Waals surface area contributed by atoms with Crippen LogP contribution in [-0.2, 0) is 0 Å². The van der Waals surface area contributed by atoms with Crippen LogP contribution in [0.25, 0.3) is 11.6 Å². The highest BCUT2D eigenvalue weighted by atomic mass is 14.3. The van der Waals surface area contributed by atoms with Crippen molar-refractivity contribution >= 4 is 11.6 Å². The predicted molar refractivity (Wildman–Crippen MR) is 93.0 cm³/mol. The van der Waals surface area contributed by atoms with E-state index in [2.05, 4.69) is 62.4 Å². The molecule has 0 heterocycles. The van der Waals surface area contributed by atoms with Gasteiger partial charge in [-0.3, -0.25) is 0 Å². The van der Waals surface area contributed by atoms with Crippen molar-refractivity contribution in [2.75, 3.05) is 0 Å². The summed E-state index contributed by atoms with van der Waals surface area (Å²) in [4.78, 5) is 0. The fourth-order valence-electron chi connectivity index (χ4n) is 3.61. The Labute approximate surface area is 129 Å². The first-order valence-corrected chi connectivity index (χ1v) is 8.51. The molecule has 0 aromatic heterocycles. The fourth-order valence-corrected chi connectivity index (χ4v) is 3.61. The maximum Gasteiger partial charge on any atom is 0.00736 e. The Kier molecular flexibility index (Phi) is 4.14. The van der Waals surface area contributed by atoms with Gasteiger partial charge in [0.25, 0.3) is 0 Å². The summed E-state index contributed by atoms with van der Waals surface area (Å²) in [5.74, 6) is 0. The first kappa shape index (κ1) is 14.4. The first-order chi connectivity index (χ1) is 10.3. The summed E-state index contributed by atoms with van der Waals surface area (Å²) >= 11 is 0. The summed E-state index contributed by atoms with van der Waals surface area (Å²) in [5, 5.41) is 0. The highest BCUT2D eigenvalue weighted by Crippen LogP contribution is 2.46. The molecule has 0 aliphatic heterocycles. The van der Waals surface area contributed by atoms with Gasteiger partial charge in [-0.1, -0.05) is 82.0 Å². The zero-order valence-electron chi connectivity index (χ0n) is 13.4. The Balaban J connectivity index is 1.96. The van der Waals surface area contributed by atoms with Crippen LogP contribution in [-0.4, -0.2) is 0 Å². The highest BCUT2D eigenvalue weighted by molar-refractivity contribution is 5.97. The summed E-state index contributed by atoms with van der Waals surface area (Å²) in [6.45, 7) is 4.59. The van der Waals surface area contributed by atoms with E-state index in [0.717, 1.165) is 0 Å². The Morgan fingerprint density at radius 1 is 0.952 bits per heavy atom. The molecule has 0 bridgehead atoms. The van der Waals surface area contributed by atoms with Crippen LogP contribution < -0.4 is 0 Å². The van der Waals surface area contributed by atoms with Crippen LogP contribution in [0.2, 0.25) is 0 Å². The average Bonchev–Trinajstić information content (AvgIpc) is 2.89. The van der Waals surface area contributed by atoms with Crippen molar-refractivity contribution in [1.82, 2.24) is 0 Å². The molecule has 0 N–H and O–H groups in total. The quantitative estimate of drug-likeness (QED) is 0.564. The summed E-state index contributed by atoms with van der Waals surface area (Å²) in [7, 11) is 0. The van der Waals surface area contributed by atoms with E-state index in [0.29, 0.717) is 0 Å². The lowest BCUT2D eigenvalue weighted by molar-refractivity contribution is 0.384. The van der Waals surface area contributed by atoms with E-state index in [-0.39, 0.29) is 5.41 Å². The number of rotatable bonds is 6. The lowest BCUT2D eigenvalue weighted by Gasteiger charge is -2.31. The minimum Gasteiger partial charge on any atom is -0.0739 e. The standard InChI is InChI=1S/C21H26/c1-3-5-12-21(13-6-4-2)14-11-18-15-17-9-7-8-10-19(17)20(18)16-21/h7-11,14-16H,3-6,12-13H2,1-2H3. The third-order valence-corrected chi connectivity index (χ3v) is 4.89. The molecule has 0 saturated carbocycles. The molecule has 0 saturated heterocycles. The third kappa shape index (κ3) is 2.77. The van der Waals surface area contributed by atoms with Gasteiger partial charge >= 0.3 is 0 Å². The van der Waals surface area contributed by atoms with Crippen molar-refractivity contribution < 1.29 is 0 Å². The molecule has 0 atom stereocenters. The lowest BCUT2D eigenvalue weighted by Crippen LogP contribution is -2.18. The predicted octanol–water partition coefficient (Wildman–Crippen LogP) is 6.40. The van der Waals surface area contributed by atoms with Gasteiger partial charge in [0.05, 0.1) is 0 Å². The van der Waals surface area contributed by atoms with Gasteiger partial charge in [0.15, 0.2) is 0 Å². The highest BCUT2D eigenvalue weighted by Gasteiger charge is 2.30. The minimum atomic E-state index is 0.288. The zero-order chi connectivity index (χ0) is 14.7. The van der Waals surface area contributed by atoms with E-state index in [9.17, 15) is 0 Å². The molecule has 1 aromatic rings.